The van der Waals surface area contributed by atoms with Crippen molar-refractivity contribution in [3.05, 3.63) is 29.8 Å². The molecule has 0 saturated heterocycles. The van der Waals surface area contributed by atoms with Crippen LogP contribution in [-0.2, 0) is 11.0 Å². The van der Waals surface area contributed by atoms with Crippen LogP contribution >= 0.6 is 0 Å². The summed E-state index contributed by atoms with van der Waals surface area (Å²) in [6.45, 7) is 1.50. The third-order valence-corrected chi connectivity index (χ3v) is 4.15. The van der Waals surface area contributed by atoms with Crippen molar-refractivity contribution >= 4 is 5.91 Å². The van der Waals surface area contributed by atoms with Gasteiger partial charge in [0.2, 0.25) is 0 Å². The number of carbonyl (C=O) groups is 1. The molecule has 1 aromatic rings. The van der Waals surface area contributed by atoms with E-state index < -0.39 is 29.3 Å². The molecule has 0 heterocycles. The Morgan fingerprint density at radius 2 is 1.83 bits per heavy atom. The van der Waals surface area contributed by atoms with Crippen LogP contribution in [0.5, 0.6) is 5.75 Å². The predicted octanol–water partition coefficient (Wildman–Crippen LogP) is 3.82. The zero-order valence-electron chi connectivity index (χ0n) is 13.3. The van der Waals surface area contributed by atoms with E-state index in [4.69, 9.17) is 4.74 Å². The van der Waals surface area contributed by atoms with Crippen LogP contribution in [0.15, 0.2) is 24.3 Å². The topological polar surface area (TPSA) is 62.1 Å². The third-order valence-electron chi connectivity index (χ3n) is 4.15. The summed E-state index contributed by atoms with van der Waals surface area (Å²) in [5.41, 5.74) is -1.65. The van der Waals surface area contributed by atoms with E-state index in [0.717, 1.165) is 31.4 Å². The predicted molar refractivity (Wildman–Crippen MR) is 81.1 cm³/mol. The van der Waals surface area contributed by atoms with Crippen molar-refractivity contribution < 1.29 is 22.7 Å². The molecule has 24 heavy (non-hydrogen) atoms. The van der Waals surface area contributed by atoms with Gasteiger partial charge in [0.25, 0.3) is 5.91 Å². The number of nitrogens with zero attached hydrogens (tertiary/aromatic N) is 1. The van der Waals surface area contributed by atoms with Crippen molar-refractivity contribution in [1.29, 1.82) is 5.26 Å². The molecule has 0 bridgehead atoms. The number of nitriles is 1. The van der Waals surface area contributed by atoms with Gasteiger partial charge in [-0.05, 0) is 44.0 Å². The lowest BCUT2D eigenvalue weighted by atomic mass is 9.83. The number of alkyl halides is 3. The second kappa shape index (κ2) is 7.12. The van der Waals surface area contributed by atoms with E-state index in [-0.39, 0.29) is 5.75 Å². The summed E-state index contributed by atoms with van der Waals surface area (Å²) in [6, 6.07) is 6.33. The summed E-state index contributed by atoms with van der Waals surface area (Å²) in [5.74, 6) is -0.279. The first-order valence-corrected chi connectivity index (χ1v) is 7.83. The minimum atomic E-state index is -4.42. The molecule has 1 fully saturated rings. The van der Waals surface area contributed by atoms with E-state index in [9.17, 15) is 23.2 Å². The first-order chi connectivity index (χ1) is 11.3. The molecule has 0 spiro atoms. The second-order valence-corrected chi connectivity index (χ2v) is 6.03. The van der Waals surface area contributed by atoms with Crippen molar-refractivity contribution in [2.24, 2.45) is 0 Å². The number of benzene rings is 1. The number of rotatable bonds is 4. The quantitative estimate of drug-likeness (QED) is 0.906. The first kappa shape index (κ1) is 18.1. The average molecular weight is 340 g/mol. The molecule has 4 nitrogen and oxygen atoms in total. The van der Waals surface area contributed by atoms with Crippen molar-refractivity contribution in [1.82, 2.24) is 5.32 Å². The fourth-order valence-corrected chi connectivity index (χ4v) is 2.74. The number of carbonyl (C=O) groups excluding carboxylic acids is 1. The summed E-state index contributed by atoms with van der Waals surface area (Å²) in [5, 5.41) is 12.1. The van der Waals surface area contributed by atoms with Crippen molar-refractivity contribution in [3.8, 4) is 11.8 Å². The Bertz CT molecular complexity index is 614. The van der Waals surface area contributed by atoms with Gasteiger partial charge >= 0.3 is 6.18 Å². The Labute approximate surface area is 138 Å². The van der Waals surface area contributed by atoms with Crippen LogP contribution in [0.25, 0.3) is 0 Å². The standard InChI is InChI=1S/C17H19F3N2O2/c1-12(15(23)22-16(11-21)9-3-2-4-10-16)24-14-7-5-13(6-8-14)17(18,19)20/h5-8,12H,2-4,9-10H2,1H3,(H,22,23). The van der Waals surface area contributed by atoms with Gasteiger partial charge in [0.05, 0.1) is 11.6 Å². The molecule has 0 radical (unpaired) electrons. The highest BCUT2D eigenvalue weighted by Gasteiger charge is 2.35. The highest BCUT2D eigenvalue weighted by Crippen LogP contribution is 2.31. The molecule has 2 rings (SSSR count). The third kappa shape index (κ3) is 4.40. The van der Waals surface area contributed by atoms with Crippen molar-refractivity contribution in [2.45, 2.75) is 56.8 Å². The van der Waals surface area contributed by atoms with Crippen LogP contribution in [0.1, 0.15) is 44.6 Å². The Kier molecular flexibility index (Phi) is 5.37. The molecular formula is C17H19F3N2O2. The van der Waals surface area contributed by atoms with Crippen molar-refractivity contribution in [3.63, 3.8) is 0 Å². The number of amides is 1. The smallest absolute Gasteiger partial charge is 0.416 e. The molecule has 1 N–H and O–H groups in total. The number of ether oxygens (including phenoxy) is 1. The second-order valence-electron chi connectivity index (χ2n) is 6.03. The number of hydrogen-bond donors (Lipinski definition) is 1. The van der Waals surface area contributed by atoms with E-state index in [1.54, 1.807) is 0 Å². The van der Waals surface area contributed by atoms with E-state index in [1.807, 2.05) is 0 Å². The first-order valence-electron chi connectivity index (χ1n) is 7.83. The van der Waals surface area contributed by atoms with Crippen LogP contribution in [0, 0.1) is 11.3 Å². The zero-order chi connectivity index (χ0) is 17.8. The van der Waals surface area contributed by atoms with Gasteiger partial charge in [-0.25, -0.2) is 0 Å². The Morgan fingerprint density at radius 1 is 1.25 bits per heavy atom. The highest BCUT2D eigenvalue weighted by atomic mass is 19.4. The Hall–Kier alpha value is -2.23. The van der Waals surface area contributed by atoms with Gasteiger partial charge in [-0.2, -0.15) is 18.4 Å². The lowest BCUT2D eigenvalue weighted by molar-refractivity contribution is -0.137. The summed E-state index contributed by atoms with van der Waals surface area (Å²) < 4.78 is 42.9. The maximum atomic E-state index is 12.5. The van der Waals surface area contributed by atoms with Gasteiger partial charge in [0.1, 0.15) is 11.3 Å². The minimum absolute atomic E-state index is 0.167. The maximum Gasteiger partial charge on any atom is 0.416 e. The molecular weight excluding hydrogens is 321 g/mol. The fourth-order valence-electron chi connectivity index (χ4n) is 2.74. The fraction of sp³-hybridized carbons (Fsp3) is 0.529. The summed E-state index contributed by atoms with van der Waals surface area (Å²) in [7, 11) is 0. The number of nitrogens with one attached hydrogen (secondary N) is 1. The number of halogens is 3. The molecule has 130 valence electrons. The average Bonchev–Trinajstić information content (AvgIpc) is 2.55. The molecule has 1 aliphatic carbocycles. The normalized spacial score (nSPS) is 18.3. The van der Waals surface area contributed by atoms with Gasteiger partial charge in [-0.1, -0.05) is 19.3 Å². The molecule has 1 saturated carbocycles. The van der Waals surface area contributed by atoms with Crippen LogP contribution in [-0.4, -0.2) is 17.6 Å². The number of hydrogen-bond acceptors (Lipinski definition) is 3. The van der Waals surface area contributed by atoms with Crippen LogP contribution in [0.3, 0.4) is 0 Å². The van der Waals surface area contributed by atoms with E-state index in [2.05, 4.69) is 11.4 Å². The van der Waals surface area contributed by atoms with Gasteiger partial charge in [-0.3, -0.25) is 4.79 Å². The van der Waals surface area contributed by atoms with Gasteiger partial charge in [0.15, 0.2) is 6.10 Å². The van der Waals surface area contributed by atoms with Gasteiger partial charge in [0, 0.05) is 0 Å². The molecule has 0 aliphatic heterocycles. The summed E-state index contributed by atoms with van der Waals surface area (Å²) in [6.07, 6.45) is -1.33. The largest absolute Gasteiger partial charge is 0.481 e. The molecule has 1 aliphatic rings. The minimum Gasteiger partial charge on any atom is -0.481 e. The monoisotopic (exact) mass is 340 g/mol. The zero-order valence-corrected chi connectivity index (χ0v) is 13.3. The molecule has 1 aromatic carbocycles. The lowest BCUT2D eigenvalue weighted by Gasteiger charge is -2.32. The molecule has 7 heteroatoms. The van der Waals surface area contributed by atoms with Gasteiger partial charge in [-0.15, -0.1) is 0 Å². The van der Waals surface area contributed by atoms with E-state index in [0.29, 0.717) is 12.8 Å². The summed E-state index contributed by atoms with van der Waals surface area (Å²) in [4.78, 5) is 12.2. The Morgan fingerprint density at radius 3 is 2.33 bits per heavy atom. The SMILES string of the molecule is CC(Oc1ccc(C(F)(F)F)cc1)C(=O)NC1(C#N)CCCCC1. The molecule has 0 aromatic heterocycles. The van der Waals surface area contributed by atoms with Crippen LogP contribution < -0.4 is 10.1 Å². The highest BCUT2D eigenvalue weighted by molar-refractivity contribution is 5.82. The molecule has 1 atom stereocenters. The van der Waals surface area contributed by atoms with Crippen LogP contribution in [0.2, 0.25) is 0 Å². The van der Waals surface area contributed by atoms with E-state index >= 15 is 0 Å². The van der Waals surface area contributed by atoms with Gasteiger partial charge < -0.3 is 10.1 Å². The molecule has 1 unspecified atom stereocenters. The van der Waals surface area contributed by atoms with Crippen molar-refractivity contribution in [2.75, 3.05) is 0 Å². The maximum absolute atomic E-state index is 12.5. The molecule has 1 amide bonds. The lowest BCUT2D eigenvalue weighted by Crippen LogP contribution is -2.52. The Balaban J connectivity index is 1.97. The van der Waals surface area contributed by atoms with Crippen LogP contribution in [0.4, 0.5) is 13.2 Å². The van der Waals surface area contributed by atoms with E-state index in [1.165, 1.54) is 19.1 Å². The summed E-state index contributed by atoms with van der Waals surface area (Å²) >= 11 is 0.